The number of phenols is 1. The quantitative estimate of drug-likeness (QED) is 0.816. The maximum Gasteiger partial charge on any atom is 0.254 e. The number of rotatable bonds is 5. The van der Waals surface area contributed by atoms with E-state index in [-0.39, 0.29) is 11.3 Å². The summed E-state index contributed by atoms with van der Waals surface area (Å²) in [5.74, 6) is -1.35. The highest BCUT2D eigenvalue weighted by Crippen LogP contribution is 2.17. The van der Waals surface area contributed by atoms with E-state index in [2.05, 4.69) is 5.32 Å². The Hall–Kier alpha value is -1.62. The average Bonchev–Trinajstić information content (AvgIpc) is 2.44. The largest absolute Gasteiger partial charge is 0.508 e. The fourth-order valence-corrected chi connectivity index (χ4v) is 2.35. The van der Waals surface area contributed by atoms with E-state index in [1.807, 2.05) is 0 Å². The standard InChI is InChI=1S/C15H20FNO3/c16-14-10-11(18)6-7-13(14)15(19)17-8-3-5-12-4-1-2-9-20-12/h6-7,10,12,18H,1-5,8-9H2,(H,17,19). The van der Waals surface area contributed by atoms with Crippen LogP contribution in [0, 0.1) is 5.82 Å². The van der Waals surface area contributed by atoms with Crippen LogP contribution < -0.4 is 5.32 Å². The van der Waals surface area contributed by atoms with Crippen molar-refractivity contribution in [2.75, 3.05) is 13.2 Å². The highest BCUT2D eigenvalue weighted by atomic mass is 19.1. The molecule has 110 valence electrons. The Balaban J connectivity index is 1.72. The molecule has 4 nitrogen and oxygen atoms in total. The second kappa shape index (κ2) is 7.24. The van der Waals surface area contributed by atoms with Crippen LogP contribution in [0.5, 0.6) is 5.75 Å². The molecule has 1 aliphatic rings. The van der Waals surface area contributed by atoms with E-state index in [4.69, 9.17) is 9.84 Å². The van der Waals surface area contributed by atoms with Gasteiger partial charge < -0.3 is 15.2 Å². The smallest absolute Gasteiger partial charge is 0.254 e. The van der Waals surface area contributed by atoms with Crippen LogP contribution in [0.1, 0.15) is 42.5 Å². The molecule has 1 aliphatic heterocycles. The van der Waals surface area contributed by atoms with Crippen molar-refractivity contribution in [3.05, 3.63) is 29.6 Å². The van der Waals surface area contributed by atoms with Crippen LogP contribution in [0.3, 0.4) is 0 Å². The molecule has 1 atom stereocenters. The fraction of sp³-hybridized carbons (Fsp3) is 0.533. The first-order valence-electron chi connectivity index (χ1n) is 7.05. The molecule has 1 aromatic rings. The Kier molecular flexibility index (Phi) is 5.35. The summed E-state index contributed by atoms with van der Waals surface area (Å²) in [6, 6.07) is 3.52. The van der Waals surface area contributed by atoms with Crippen molar-refractivity contribution in [1.29, 1.82) is 0 Å². The lowest BCUT2D eigenvalue weighted by Gasteiger charge is -2.22. The number of carbonyl (C=O) groups excluding carboxylic acids is 1. The number of aromatic hydroxyl groups is 1. The molecule has 1 unspecified atom stereocenters. The zero-order chi connectivity index (χ0) is 14.4. The summed E-state index contributed by atoms with van der Waals surface area (Å²) in [5.41, 5.74) is -0.0447. The Morgan fingerprint density at radius 3 is 3.00 bits per heavy atom. The van der Waals surface area contributed by atoms with Crippen molar-refractivity contribution in [2.24, 2.45) is 0 Å². The summed E-state index contributed by atoms with van der Waals surface area (Å²) in [6.07, 6.45) is 5.45. The summed E-state index contributed by atoms with van der Waals surface area (Å²) >= 11 is 0. The molecule has 2 N–H and O–H groups in total. The molecule has 0 aromatic heterocycles. The summed E-state index contributed by atoms with van der Waals surface area (Å²) < 4.78 is 19.1. The first kappa shape index (κ1) is 14.8. The number of carbonyl (C=O) groups is 1. The van der Waals surface area contributed by atoms with E-state index in [1.165, 1.54) is 18.6 Å². The van der Waals surface area contributed by atoms with Crippen LogP contribution in [0.4, 0.5) is 4.39 Å². The highest BCUT2D eigenvalue weighted by Gasteiger charge is 2.14. The van der Waals surface area contributed by atoms with Gasteiger partial charge >= 0.3 is 0 Å². The third-order valence-electron chi connectivity index (χ3n) is 3.46. The molecule has 1 aromatic carbocycles. The number of nitrogens with one attached hydrogen (secondary N) is 1. The van der Waals surface area contributed by atoms with Crippen molar-refractivity contribution in [3.8, 4) is 5.75 Å². The van der Waals surface area contributed by atoms with Gasteiger partial charge in [-0.2, -0.15) is 0 Å². The van der Waals surface area contributed by atoms with Gasteiger partial charge in [-0.15, -0.1) is 0 Å². The second-order valence-corrected chi connectivity index (χ2v) is 5.05. The van der Waals surface area contributed by atoms with Gasteiger partial charge in [0.15, 0.2) is 0 Å². The summed E-state index contributed by atoms with van der Waals surface area (Å²) in [4.78, 5) is 11.8. The van der Waals surface area contributed by atoms with Crippen LogP contribution in [0.25, 0.3) is 0 Å². The van der Waals surface area contributed by atoms with E-state index < -0.39 is 11.7 Å². The van der Waals surface area contributed by atoms with Gasteiger partial charge in [0.2, 0.25) is 0 Å². The number of hydrogen-bond acceptors (Lipinski definition) is 3. The van der Waals surface area contributed by atoms with Crippen LogP contribution >= 0.6 is 0 Å². The highest BCUT2D eigenvalue weighted by molar-refractivity contribution is 5.94. The van der Waals surface area contributed by atoms with Crippen molar-refractivity contribution in [1.82, 2.24) is 5.32 Å². The first-order chi connectivity index (χ1) is 9.66. The van der Waals surface area contributed by atoms with Crippen molar-refractivity contribution >= 4 is 5.91 Å². The van der Waals surface area contributed by atoms with Gasteiger partial charge in [0.1, 0.15) is 11.6 Å². The third-order valence-corrected chi connectivity index (χ3v) is 3.46. The van der Waals surface area contributed by atoms with Gasteiger partial charge in [-0.25, -0.2) is 4.39 Å². The predicted octanol–water partition coefficient (Wildman–Crippen LogP) is 2.61. The van der Waals surface area contributed by atoms with Crippen LogP contribution in [-0.2, 0) is 4.74 Å². The van der Waals surface area contributed by atoms with E-state index in [0.29, 0.717) is 12.6 Å². The van der Waals surface area contributed by atoms with Crippen LogP contribution in [0.2, 0.25) is 0 Å². The monoisotopic (exact) mass is 281 g/mol. The number of halogens is 1. The van der Waals surface area contributed by atoms with Gasteiger partial charge in [-0.05, 0) is 44.2 Å². The SMILES string of the molecule is O=C(NCCCC1CCCCO1)c1ccc(O)cc1F. The summed E-state index contributed by atoms with van der Waals surface area (Å²) in [5, 5.41) is 11.8. The van der Waals surface area contributed by atoms with Crippen molar-refractivity contribution in [3.63, 3.8) is 0 Å². The Morgan fingerprint density at radius 2 is 2.30 bits per heavy atom. The van der Waals surface area contributed by atoms with Gasteiger partial charge in [0.25, 0.3) is 5.91 Å². The summed E-state index contributed by atoms with van der Waals surface area (Å²) in [6.45, 7) is 1.33. The molecule has 1 saturated heterocycles. The first-order valence-corrected chi connectivity index (χ1v) is 7.05. The Morgan fingerprint density at radius 1 is 1.45 bits per heavy atom. The molecule has 0 radical (unpaired) electrons. The maximum atomic E-state index is 13.5. The molecule has 0 spiro atoms. The maximum absolute atomic E-state index is 13.5. The number of benzene rings is 1. The van der Waals surface area contributed by atoms with E-state index in [9.17, 15) is 9.18 Å². The van der Waals surface area contributed by atoms with Gasteiger partial charge in [-0.3, -0.25) is 4.79 Å². The van der Waals surface area contributed by atoms with Gasteiger partial charge in [0.05, 0.1) is 11.7 Å². The van der Waals surface area contributed by atoms with E-state index >= 15 is 0 Å². The third kappa shape index (κ3) is 4.20. The molecule has 5 heteroatoms. The lowest BCUT2D eigenvalue weighted by molar-refractivity contribution is 0.0102. The molecule has 0 saturated carbocycles. The average molecular weight is 281 g/mol. The fourth-order valence-electron chi connectivity index (χ4n) is 2.35. The lowest BCUT2D eigenvalue weighted by atomic mass is 10.0. The lowest BCUT2D eigenvalue weighted by Crippen LogP contribution is -2.27. The van der Waals surface area contributed by atoms with Crippen LogP contribution in [0.15, 0.2) is 18.2 Å². The van der Waals surface area contributed by atoms with Crippen LogP contribution in [-0.4, -0.2) is 30.3 Å². The van der Waals surface area contributed by atoms with Crippen molar-refractivity contribution < 1.29 is 19.0 Å². The number of phenolic OH excluding ortho intramolecular Hbond substituents is 1. The molecule has 1 heterocycles. The zero-order valence-electron chi connectivity index (χ0n) is 11.4. The Labute approximate surface area is 117 Å². The molecular weight excluding hydrogens is 261 g/mol. The zero-order valence-corrected chi connectivity index (χ0v) is 11.4. The molecule has 0 aliphatic carbocycles. The molecule has 1 amide bonds. The molecule has 1 fully saturated rings. The number of ether oxygens (including phenoxy) is 1. The minimum Gasteiger partial charge on any atom is -0.508 e. The Bertz CT molecular complexity index is 458. The molecule has 2 rings (SSSR count). The van der Waals surface area contributed by atoms with Gasteiger partial charge in [0, 0.05) is 19.2 Å². The van der Waals surface area contributed by atoms with Gasteiger partial charge in [-0.1, -0.05) is 0 Å². The molecular formula is C15H20FNO3. The predicted molar refractivity (Wildman–Crippen MR) is 73.2 cm³/mol. The van der Waals surface area contributed by atoms with E-state index in [1.54, 1.807) is 0 Å². The minimum atomic E-state index is -0.710. The van der Waals surface area contributed by atoms with E-state index in [0.717, 1.165) is 38.4 Å². The normalized spacial score (nSPS) is 18.8. The summed E-state index contributed by atoms with van der Waals surface area (Å²) in [7, 11) is 0. The second-order valence-electron chi connectivity index (χ2n) is 5.05. The van der Waals surface area contributed by atoms with Crippen molar-refractivity contribution in [2.45, 2.75) is 38.2 Å². The minimum absolute atomic E-state index is 0.0447. The number of amides is 1. The molecule has 0 bridgehead atoms. The topological polar surface area (TPSA) is 58.6 Å². The molecule has 20 heavy (non-hydrogen) atoms. The number of hydrogen-bond donors (Lipinski definition) is 2.